The second kappa shape index (κ2) is 8.69. The van der Waals surface area contributed by atoms with E-state index in [1.807, 2.05) is 31.2 Å². The molecule has 0 aromatic heterocycles. The summed E-state index contributed by atoms with van der Waals surface area (Å²) in [6, 6.07) is 14.8. The summed E-state index contributed by atoms with van der Waals surface area (Å²) in [5.41, 5.74) is 2.88. The van der Waals surface area contributed by atoms with E-state index in [1.54, 1.807) is 31.2 Å². The molecule has 146 valence electrons. The van der Waals surface area contributed by atoms with E-state index in [0.717, 1.165) is 24.2 Å². The maximum Gasteiger partial charge on any atom is 0.265 e. The van der Waals surface area contributed by atoms with Crippen LogP contribution in [0.15, 0.2) is 53.6 Å². The van der Waals surface area contributed by atoms with Crippen molar-refractivity contribution in [3.63, 3.8) is 0 Å². The first kappa shape index (κ1) is 19.6. The molecule has 1 aliphatic rings. The summed E-state index contributed by atoms with van der Waals surface area (Å²) in [5, 5.41) is 8.43. The Hall–Kier alpha value is -3.15. The molecule has 6 nitrogen and oxygen atoms in total. The van der Waals surface area contributed by atoms with Crippen LogP contribution in [0.2, 0.25) is 0 Å². The van der Waals surface area contributed by atoms with Gasteiger partial charge in [0.1, 0.15) is 5.75 Å². The number of hydrogen-bond acceptors (Lipinski definition) is 4. The van der Waals surface area contributed by atoms with Crippen LogP contribution in [-0.2, 0) is 16.0 Å². The van der Waals surface area contributed by atoms with E-state index in [1.165, 1.54) is 5.01 Å². The van der Waals surface area contributed by atoms with Gasteiger partial charge in [-0.05, 0) is 61.7 Å². The predicted molar refractivity (Wildman–Crippen MR) is 111 cm³/mol. The van der Waals surface area contributed by atoms with Crippen LogP contribution in [-0.4, -0.2) is 24.1 Å². The van der Waals surface area contributed by atoms with Gasteiger partial charge < -0.3 is 10.1 Å². The summed E-state index contributed by atoms with van der Waals surface area (Å²) in [4.78, 5) is 25.6. The highest BCUT2D eigenvalue weighted by atomic mass is 16.5. The van der Waals surface area contributed by atoms with E-state index >= 15 is 0 Å². The van der Waals surface area contributed by atoms with Gasteiger partial charge in [-0.15, -0.1) is 0 Å². The van der Waals surface area contributed by atoms with Gasteiger partial charge in [-0.2, -0.15) is 10.1 Å². The molecule has 0 fully saturated rings. The van der Waals surface area contributed by atoms with Crippen LogP contribution in [0.4, 0.5) is 11.4 Å². The number of ether oxygens (including phenoxy) is 1. The van der Waals surface area contributed by atoms with Gasteiger partial charge in [-0.25, -0.2) is 0 Å². The van der Waals surface area contributed by atoms with Crippen molar-refractivity contribution < 1.29 is 14.3 Å². The number of aryl methyl sites for hydroxylation is 1. The van der Waals surface area contributed by atoms with Gasteiger partial charge in [0.2, 0.25) is 5.91 Å². The molecule has 0 saturated heterocycles. The lowest BCUT2D eigenvalue weighted by molar-refractivity contribution is -0.127. The van der Waals surface area contributed by atoms with Crippen molar-refractivity contribution in [3.05, 3.63) is 54.1 Å². The van der Waals surface area contributed by atoms with Gasteiger partial charge >= 0.3 is 0 Å². The van der Waals surface area contributed by atoms with Crippen LogP contribution in [0.25, 0.3) is 0 Å². The van der Waals surface area contributed by atoms with Crippen molar-refractivity contribution in [2.45, 2.75) is 33.6 Å². The van der Waals surface area contributed by atoms with Crippen LogP contribution in [0, 0.1) is 5.92 Å². The Balaban J connectivity index is 1.72. The number of hydrogen-bond donors (Lipinski definition) is 1. The lowest BCUT2D eigenvalue weighted by atomic mass is 10.0. The molecule has 1 unspecified atom stereocenters. The van der Waals surface area contributed by atoms with E-state index in [2.05, 4.69) is 17.3 Å². The molecule has 0 aliphatic carbocycles. The van der Waals surface area contributed by atoms with Crippen molar-refractivity contribution in [1.82, 2.24) is 0 Å². The highest BCUT2D eigenvalue weighted by molar-refractivity contribution is 6.28. The molecule has 2 aromatic rings. The smallest absolute Gasteiger partial charge is 0.265 e. The minimum absolute atomic E-state index is 0.358. The average molecular weight is 379 g/mol. The fourth-order valence-corrected chi connectivity index (χ4v) is 3.04. The summed E-state index contributed by atoms with van der Waals surface area (Å²) in [5.74, 6) is -0.918. The molecule has 2 amide bonds. The number of hydrazone groups is 1. The Morgan fingerprint density at radius 2 is 1.93 bits per heavy atom. The van der Waals surface area contributed by atoms with Gasteiger partial charge in [-0.3, -0.25) is 9.59 Å². The monoisotopic (exact) mass is 379 g/mol. The fraction of sp³-hybridized carbons (Fsp3) is 0.318. The van der Waals surface area contributed by atoms with Gasteiger partial charge in [-0.1, -0.05) is 26.0 Å². The molecule has 0 saturated carbocycles. The third-order valence-electron chi connectivity index (χ3n) is 4.55. The summed E-state index contributed by atoms with van der Waals surface area (Å²) in [6.45, 7) is 6.43. The SMILES string of the molecule is CCCOc1ccc(N2N=C(C)C(C(=O)Nc3cccc(CC)c3)C2=O)cc1. The number of nitrogens with one attached hydrogen (secondary N) is 1. The number of rotatable bonds is 7. The average Bonchev–Trinajstić information content (AvgIpc) is 3.01. The quantitative estimate of drug-likeness (QED) is 0.739. The van der Waals surface area contributed by atoms with Crippen LogP contribution < -0.4 is 15.1 Å². The molecular formula is C22H25N3O3. The van der Waals surface area contributed by atoms with E-state index in [0.29, 0.717) is 23.7 Å². The Morgan fingerprint density at radius 1 is 1.18 bits per heavy atom. The first-order valence-corrected chi connectivity index (χ1v) is 9.55. The highest BCUT2D eigenvalue weighted by Crippen LogP contribution is 2.27. The summed E-state index contributed by atoms with van der Waals surface area (Å²) >= 11 is 0. The van der Waals surface area contributed by atoms with Gasteiger partial charge in [0.25, 0.3) is 5.91 Å². The molecule has 0 radical (unpaired) electrons. The van der Waals surface area contributed by atoms with Crippen LogP contribution in [0.3, 0.4) is 0 Å². The number of carbonyl (C=O) groups is 2. The molecule has 2 aromatic carbocycles. The van der Waals surface area contributed by atoms with Gasteiger partial charge in [0.05, 0.1) is 18.0 Å². The summed E-state index contributed by atoms with van der Waals surface area (Å²) < 4.78 is 5.56. The topological polar surface area (TPSA) is 71.0 Å². The van der Waals surface area contributed by atoms with Gasteiger partial charge in [0.15, 0.2) is 5.92 Å². The Morgan fingerprint density at radius 3 is 2.61 bits per heavy atom. The number of nitrogens with zero attached hydrogens (tertiary/aromatic N) is 2. The maximum absolute atomic E-state index is 12.8. The summed E-state index contributed by atoms with van der Waals surface area (Å²) in [6.07, 6.45) is 1.80. The lowest BCUT2D eigenvalue weighted by Crippen LogP contribution is -2.36. The first-order valence-electron chi connectivity index (χ1n) is 9.55. The molecule has 28 heavy (non-hydrogen) atoms. The molecular weight excluding hydrogens is 354 g/mol. The van der Waals surface area contributed by atoms with Crippen molar-refractivity contribution in [1.29, 1.82) is 0 Å². The Kier molecular flexibility index (Phi) is 6.09. The zero-order valence-corrected chi connectivity index (χ0v) is 16.4. The van der Waals surface area contributed by atoms with Crippen molar-refractivity contribution >= 4 is 28.9 Å². The normalized spacial score (nSPS) is 16.1. The zero-order valence-electron chi connectivity index (χ0n) is 16.4. The van der Waals surface area contributed by atoms with Crippen LogP contribution in [0.1, 0.15) is 32.8 Å². The molecule has 1 aliphatic heterocycles. The zero-order chi connectivity index (χ0) is 20.1. The molecule has 1 N–H and O–H groups in total. The molecule has 3 rings (SSSR count). The Labute approximate surface area is 165 Å². The molecule has 0 bridgehead atoms. The number of anilines is 2. The van der Waals surface area contributed by atoms with E-state index in [-0.39, 0.29) is 11.8 Å². The van der Waals surface area contributed by atoms with E-state index < -0.39 is 5.92 Å². The second-order valence-electron chi connectivity index (χ2n) is 6.71. The number of benzene rings is 2. The van der Waals surface area contributed by atoms with E-state index in [4.69, 9.17) is 4.74 Å². The number of amides is 2. The second-order valence-corrected chi connectivity index (χ2v) is 6.71. The standard InChI is InChI=1S/C22H25N3O3/c1-4-13-28-19-11-9-18(10-12-19)25-22(27)20(15(3)24-25)21(26)23-17-8-6-7-16(5-2)14-17/h6-12,14,20H,4-5,13H2,1-3H3,(H,23,26). The molecule has 6 heteroatoms. The van der Waals surface area contributed by atoms with Gasteiger partial charge in [0, 0.05) is 5.69 Å². The van der Waals surface area contributed by atoms with Crippen molar-refractivity contribution in [2.24, 2.45) is 11.0 Å². The van der Waals surface area contributed by atoms with Crippen LogP contribution >= 0.6 is 0 Å². The minimum Gasteiger partial charge on any atom is -0.494 e. The molecule has 1 heterocycles. The van der Waals surface area contributed by atoms with Crippen molar-refractivity contribution in [3.8, 4) is 5.75 Å². The number of carbonyl (C=O) groups excluding carboxylic acids is 2. The first-order chi connectivity index (χ1) is 13.5. The van der Waals surface area contributed by atoms with E-state index in [9.17, 15) is 9.59 Å². The third-order valence-corrected chi connectivity index (χ3v) is 4.55. The highest BCUT2D eigenvalue weighted by Gasteiger charge is 2.39. The molecule has 0 spiro atoms. The third kappa shape index (κ3) is 4.22. The Bertz CT molecular complexity index is 890. The predicted octanol–water partition coefficient (Wildman–Crippen LogP) is 4.02. The maximum atomic E-state index is 12.8. The fourth-order valence-electron chi connectivity index (χ4n) is 3.04. The minimum atomic E-state index is -0.929. The van der Waals surface area contributed by atoms with Crippen LogP contribution in [0.5, 0.6) is 5.75 Å². The van der Waals surface area contributed by atoms with Crippen molar-refractivity contribution in [2.75, 3.05) is 16.9 Å². The lowest BCUT2D eigenvalue weighted by Gasteiger charge is -2.15. The largest absolute Gasteiger partial charge is 0.494 e. The molecule has 1 atom stereocenters. The summed E-state index contributed by atoms with van der Waals surface area (Å²) in [7, 11) is 0.